The van der Waals surface area contributed by atoms with Crippen LogP contribution in [0.3, 0.4) is 0 Å². The predicted octanol–water partition coefficient (Wildman–Crippen LogP) is 3.85. The zero-order valence-corrected chi connectivity index (χ0v) is 15.9. The van der Waals surface area contributed by atoms with E-state index in [4.69, 9.17) is 9.47 Å². The van der Waals surface area contributed by atoms with Gasteiger partial charge in [-0.3, -0.25) is 9.78 Å². The normalized spacial score (nSPS) is 23.3. The lowest BCUT2D eigenvalue weighted by atomic mass is 9.85. The third-order valence-electron chi connectivity index (χ3n) is 5.79. The number of Topliss-reactive ketones (excluding diaryl/α,β-unsaturated/α-hetero) is 1. The Morgan fingerprint density at radius 1 is 1.11 bits per heavy atom. The third-order valence-corrected chi connectivity index (χ3v) is 5.79. The first-order chi connectivity index (χ1) is 13.7. The Morgan fingerprint density at radius 3 is 2.50 bits per heavy atom. The van der Waals surface area contributed by atoms with Gasteiger partial charge in [0.15, 0.2) is 5.78 Å². The Labute approximate surface area is 164 Å². The fourth-order valence-corrected chi connectivity index (χ4v) is 4.45. The quantitative estimate of drug-likeness (QED) is 0.737. The molecular weight excluding hydrogens is 356 g/mol. The van der Waals surface area contributed by atoms with E-state index in [0.29, 0.717) is 24.2 Å². The highest BCUT2D eigenvalue weighted by Gasteiger charge is 2.46. The second-order valence-electron chi connectivity index (χ2n) is 7.44. The Kier molecular flexibility index (Phi) is 5.28. The molecule has 146 valence electrons. The molecule has 2 bridgehead atoms. The number of carbonyl (C=O) groups excluding carboxylic acids is 2. The standard InChI is InChI=1S/C22H24N2O4/c1-27-20-9-10-23-13-19(20)21(25)16-11-17-7-8-18(12-16)24(17)22(26)28-14-15-5-3-2-4-6-15/h2-6,9-10,13,16-18H,7-8,11-12,14H2,1H3. The Balaban J connectivity index is 1.41. The van der Waals surface area contributed by atoms with Crippen LogP contribution in [0, 0.1) is 5.92 Å². The number of fused-ring (bicyclic) bond motifs is 2. The number of pyridine rings is 1. The number of nitrogens with zero attached hydrogens (tertiary/aromatic N) is 2. The van der Waals surface area contributed by atoms with Gasteiger partial charge in [-0.05, 0) is 37.3 Å². The van der Waals surface area contributed by atoms with Crippen LogP contribution in [0.15, 0.2) is 48.8 Å². The second kappa shape index (κ2) is 8.00. The van der Waals surface area contributed by atoms with Crippen molar-refractivity contribution >= 4 is 11.9 Å². The average molecular weight is 380 g/mol. The van der Waals surface area contributed by atoms with Gasteiger partial charge in [0.25, 0.3) is 0 Å². The first-order valence-corrected chi connectivity index (χ1v) is 9.68. The summed E-state index contributed by atoms with van der Waals surface area (Å²) in [5, 5.41) is 0. The van der Waals surface area contributed by atoms with Gasteiger partial charge in [-0.15, -0.1) is 0 Å². The number of ether oxygens (including phenoxy) is 2. The van der Waals surface area contributed by atoms with Crippen molar-refractivity contribution < 1.29 is 19.1 Å². The molecule has 6 heteroatoms. The minimum Gasteiger partial charge on any atom is -0.496 e. The summed E-state index contributed by atoms with van der Waals surface area (Å²) in [6, 6.07) is 11.5. The summed E-state index contributed by atoms with van der Waals surface area (Å²) in [6.07, 6.45) is 6.06. The molecule has 1 aromatic carbocycles. The molecule has 6 nitrogen and oxygen atoms in total. The van der Waals surface area contributed by atoms with Crippen molar-refractivity contribution in [2.75, 3.05) is 7.11 Å². The number of methoxy groups -OCH3 is 1. The summed E-state index contributed by atoms with van der Waals surface area (Å²) in [7, 11) is 1.56. The van der Waals surface area contributed by atoms with Crippen molar-refractivity contribution in [2.45, 2.75) is 44.4 Å². The van der Waals surface area contributed by atoms with Crippen molar-refractivity contribution in [3.63, 3.8) is 0 Å². The van der Waals surface area contributed by atoms with E-state index in [9.17, 15) is 9.59 Å². The molecule has 2 saturated heterocycles. The molecule has 0 radical (unpaired) electrons. The van der Waals surface area contributed by atoms with Crippen LogP contribution in [0.5, 0.6) is 5.75 Å². The number of hydrogen-bond acceptors (Lipinski definition) is 5. The number of carbonyl (C=O) groups is 2. The topological polar surface area (TPSA) is 68.7 Å². The van der Waals surface area contributed by atoms with Gasteiger partial charge in [0.05, 0.1) is 12.7 Å². The van der Waals surface area contributed by atoms with Crippen LogP contribution >= 0.6 is 0 Å². The van der Waals surface area contributed by atoms with Crippen LogP contribution in [0.2, 0.25) is 0 Å². The number of amides is 1. The maximum absolute atomic E-state index is 13.0. The van der Waals surface area contributed by atoms with Gasteiger partial charge < -0.3 is 14.4 Å². The molecule has 2 fully saturated rings. The Bertz CT molecular complexity index is 841. The average Bonchev–Trinajstić information content (AvgIpc) is 3.01. The van der Waals surface area contributed by atoms with E-state index in [-0.39, 0.29) is 36.5 Å². The highest BCUT2D eigenvalue weighted by molar-refractivity contribution is 6.00. The zero-order chi connectivity index (χ0) is 19.5. The van der Waals surface area contributed by atoms with Gasteiger partial charge in [0.2, 0.25) is 0 Å². The largest absolute Gasteiger partial charge is 0.496 e. The Hall–Kier alpha value is -2.89. The van der Waals surface area contributed by atoms with Crippen LogP contribution < -0.4 is 4.74 Å². The van der Waals surface area contributed by atoms with E-state index in [1.807, 2.05) is 35.2 Å². The number of hydrogen-bond donors (Lipinski definition) is 0. The Morgan fingerprint density at radius 2 is 1.82 bits per heavy atom. The van der Waals surface area contributed by atoms with E-state index in [1.165, 1.54) is 0 Å². The van der Waals surface area contributed by atoms with Gasteiger partial charge in [0, 0.05) is 30.4 Å². The van der Waals surface area contributed by atoms with Crippen molar-refractivity contribution in [2.24, 2.45) is 5.92 Å². The molecular formula is C22H24N2O4. The van der Waals surface area contributed by atoms with Crippen molar-refractivity contribution in [1.29, 1.82) is 0 Å². The fraction of sp³-hybridized carbons (Fsp3) is 0.409. The van der Waals surface area contributed by atoms with Gasteiger partial charge in [-0.2, -0.15) is 0 Å². The maximum atomic E-state index is 13.0. The van der Waals surface area contributed by atoms with Crippen LogP contribution in [0.4, 0.5) is 4.79 Å². The lowest BCUT2D eigenvalue weighted by Crippen LogP contribution is -2.48. The van der Waals surface area contributed by atoms with Crippen LogP contribution in [-0.2, 0) is 11.3 Å². The number of ketones is 1. The van der Waals surface area contributed by atoms with E-state index in [0.717, 1.165) is 18.4 Å². The molecule has 0 aliphatic carbocycles. The van der Waals surface area contributed by atoms with Gasteiger partial charge in [-0.25, -0.2) is 4.79 Å². The molecule has 2 atom stereocenters. The van der Waals surface area contributed by atoms with E-state index in [1.54, 1.807) is 25.6 Å². The first kappa shape index (κ1) is 18.5. The van der Waals surface area contributed by atoms with E-state index in [2.05, 4.69) is 4.98 Å². The van der Waals surface area contributed by atoms with Crippen molar-refractivity contribution in [3.05, 3.63) is 59.9 Å². The molecule has 2 aliphatic heterocycles. The zero-order valence-electron chi connectivity index (χ0n) is 15.9. The van der Waals surface area contributed by atoms with Crippen LogP contribution in [0.1, 0.15) is 41.6 Å². The van der Waals surface area contributed by atoms with Gasteiger partial charge in [-0.1, -0.05) is 30.3 Å². The third kappa shape index (κ3) is 3.59. The summed E-state index contributed by atoms with van der Waals surface area (Å²) in [6.45, 7) is 0.269. The van der Waals surface area contributed by atoms with E-state index < -0.39 is 0 Å². The summed E-state index contributed by atoms with van der Waals surface area (Å²) in [5.74, 6) is 0.491. The summed E-state index contributed by atoms with van der Waals surface area (Å²) < 4.78 is 10.9. The molecule has 2 unspecified atom stereocenters. The second-order valence-corrected chi connectivity index (χ2v) is 7.44. The number of piperidine rings is 1. The molecule has 0 spiro atoms. The molecule has 4 rings (SSSR count). The lowest BCUT2D eigenvalue weighted by Gasteiger charge is -2.37. The molecule has 2 aliphatic rings. The van der Waals surface area contributed by atoms with E-state index >= 15 is 0 Å². The summed E-state index contributed by atoms with van der Waals surface area (Å²) >= 11 is 0. The van der Waals surface area contributed by atoms with Gasteiger partial charge >= 0.3 is 6.09 Å². The minimum absolute atomic E-state index is 0.0543. The van der Waals surface area contributed by atoms with Gasteiger partial charge in [0.1, 0.15) is 12.4 Å². The summed E-state index contributed by atoms with van der Waals surface area (Å²) in [5.41, 5.74) is 1.49. The summed E-state index contributed by atoms with van der Waals surface area (Å²) in [4.78, 5) is 31.6. The number of benzene rings is 1. The highest BCUT2D eigenvalue weighted by atomic mass is 16.6. The molecule has 28 heavy (non-hydrogen) atoms. The van der Waals surface area contributed by atoms with Crippen molar-refractivity contribution in [1.82, 2.24) is 9.88 Å². The van der Waals surface area contributed by atoms with Crippen LogP contribution in [-0.4, -0.2) is 41.0 Å². The minimum atomic E-state index is -0.277. The highest BCUT2D eigenvalue weighted by Crippen LogP contribution is 2.41. The van der Waals surface area contributed by atoms with Crippen molar-refractivity contribution in [3.8, 4) is 5.75 Å². The molecule has 3 heterocycles. The molecule has 2 aromatic rings. The van der Waals surface area contributed by atoms with Crippen LogP contribution in [0.25, 0.3) is 0 Å². The lowest BCUT2D eigenvalue weighted by molar-refractivity contribution is 0.0484. The maximum Gasteiger partial charge on any atom is 0.410 e. The fourth-order valence-electron chi connectivity index (χ4n) is 4.45. The number of aromatic nitrogens is 1. The smallest absolute Gasteiger partial charge is 0.410 e. The molecule has 1 amide bonds. The molecule has 1 aromatic heterocycles. The molecule has 0 N–H and O–H groups in total. The monoisotopic (exact) mass is 380 g/mol. The molecule has 0 saturated carbocycles. The predicted molar refractivity (Wildman–Crippen MR) is 103 cm³/mol. The number of rotatable bonds is 5. The first-order valence-electron chi connectivity index (χ1n) is 9.68. The SMILES string of the molecule is COc1ccncc1C(=O)C1CC2CCC(C1)N2C(=O)OCc1ccccc1.